The number of hydrogen-bond acceptors (Lipinski definition) is 9. The molecule has 182 valence electrons. The zero-order chi connectivity index (χ0) is 24.6. The van der Waals surface area contributed by atoms with E-state index >= 15 is 0 Å². The number of carbonyl (C=O) groups is 2. The van der Waals surface area contributed by atoms with Crippen molar-refractivity contribution in [2.45, 2.75) is 58.1 Å². The number of rotatable bonds is 10. The largest absolute Gasteiger partial charge is 0.457 e. The molecule has 0 bridgehead atoms. The Morgan fingerprint density at radius 1 is 1.18 bits per heavy atom. The molecule has 2 rings (SSSR count). The van der Waals surface area contributed by atoms with Gasteiger partial charge in [-0.05, 0) is 52.7 Å². The van der Waals surface area contributed by atoms with E-state index < -0.39 is 27.8 Å². The third-order valence-electron chi connectivity index (χ3n) is 4.15. The monoisotopic (exact) mass is 482 g/mol. The molecule has 0 saturated carbocycles. The quantitative estimate of drug-likeness (QED) is 0.307. The van der Waals surface area contributed by atoms with Gasteiger partial charge in [0.15, 0.2) is 0 Å². The van der Waals surface area contributed by atoms with Crippen LogP contribution in [0.3, 0.4) is 0 Å². The van der Waals surface area contributed by atoms with Crippen molar-refractivity contribution in [1.82, 2.24) is 20.1 Å². The molecule has 0 radical (unpaired) electrons. The maximum absolute atomic E-state index is 12.7. The molecule has 0 saturated heterocycles. The van der Waals surface area contributed by atoms with E-state index in [2.05, 4.69) is 15.4 Å². The first-order chi connectivity index (χ1) is 15.4. The Morgan fingerprint density at radius 3 is 2.55 bits per heavy atom. The Hall–Kier alpha value is -2.99. The second-order valence-electron chi connectivity index (χ2n) is 8.13. The van der Waals surface area contributed by atoms with Gasteiger partial charge in [0.05, 0.1) is 4.90 Å². The van der Waals surface area contributed by atoms with Crippen molar-refractivity contribution in [2.75, 3.05) is 19.8 Å². The number of esters is 1. The molecule has 33 heavy (non-hydrogen) atoms. The molecule has 0 aliphatic heterocycles. The second-order valence-corrected chi connectivity index (χ2v) is 9.71. The molecule has 0 spiro atoms. The number of nitrogens with one attached hydrogen (secondary N) is 1. The van der Waals surface area contributed by atoms with E-state index in [9.17, 15) is 18.0 Å². The zero-order valence-electron chi connectivity index (χ0n) is 19.5. The summed E-state index contributed by atoms with van der Waals surface area (Å²) in [5, 5.41) is 6.52. The van der Waals surface area contributed by atoms with E-state index in [4.69, 9.17) is 13.7 Å². The molecule has 1 aromatic carbocycles. The average molecular weight is 483 g/mol. The van der Waals surface area contributed by atoms with E-state index in [1.807, 2.05) is 13.8 Å². The third kappa shape index (κ3) is 8.46. The Morgan fingerprint density at radius 2 is 1.91 bits per heavy atom. The SMILES string of the molecule is CCn1cnc(C(=O)OCCOS(=O)(=O)c2ccc(C)cc2CCNC(=O)OC(C)(C)C)n1. The van der Waals surface area contributed by atoms with Crippen LogP contribution < -0.4 is 5.32 Å². The molecule has 0 fully saturated rings. The number of nitrogens with zero attached hydrogens (tertiary/aromatic N) is 3. The summed E-state index contributed by atoms with van der Waals surface area (Å²) < 4.78 is 42.1. The van der Waals surface area contributed by atoms with Gasteiger partial charge in [0.25, 0.3) is 15.9 Å². The van der Waals surface area contributed by atoms with Crippen LogP contribution in [0.5, 0.6) is 0 Å². The fourth-order valence-corrected chi connectivity index (χ4v) is 3.84. The molecule has 0 aliphatic rings. The van der Waals surface area contributed by atoms with Crippen LogP contribution in [0.25, 0.3) is 0 Å². The van der Waals surface area contributed by atoms with Gasteiger partial charge in [0.2, 0.25) is 0 Å². The lowest BCUT2D eigenvalue weighted by molar-refractivity contribution is 0.0437. The second kappa shape index (κ2) is 11.2. The van der Waals surface area contributed by atoms with Gasteiger partial charge in [-0.3, -0.25) is 8.86 Å². The lowest BCUT2D eigenvalue weighted by Crippen LogP contribution is -2.33. The van der Waals surface area contributed by atoms with Gasteiger partial charge in [-0.15, -0.1) is 5.10 Å². The van der Waals surface area contributed by atoms with Crippen molar-refractivity contribution in [2.24, 2.45) is 0 Å². The minimum atomic E-state index is -4.12. The maximum atomic E-state index is 12.7. The van der Waals surface area contributed by atoms with Crippen LogP contribution in [0.4, 0.5) is 4.79 Å². The number of aromatic nitrogens is 3. The molecule has 0 atom stereocenters. The summed E-state index contributed by atoms with van der Waals surface area (Å²) in [6.07, 6.45) is 1.06. The molecule has 1 amide bonds. The maximum Gasteiger partial charge on any atom is 0.407 e. The number of amides is 1. The summed E-state index contributed by atoms with van der Waals surface area (Å²) in [4.78, 5) is 27.5. The molecule has 0 aliphatic carbocycles. The summed E-state index contributed by atoms with van der Waals surface area (Å²) in [6, 6.07) is 4.81. The number of ether oxygens (including phenoxy) is 2. The molecule has 2 aromatic rings. The van der Waals surface area contributed by atoms with Gasteiger partial charge in [-0.25, -0.2) is 14.6 Å². The van der Waals surface area contributed by atoms with E-state index in [0.717, 1.165) is 5.56 Å². The standard InChI is InChI=1S/C21H30N4O7S/c1-6-25-14-23-18(24-25)19(26)30-11-12-31-33(28,29)17-8-7-15(2)13-16(17)9-10-22-20(27)32-21(3,4)5/h7-8,13-14H,6,9-12H2,1-5H3,(H,22,27). The minimum Gasteiger partial charge on any atom is -0.457 e. The first kappa shape index (κ1) is 26.3. The summed E-state index contributed by atoms with van der Waals surface area (Å²) in [7, 11) is -4.12. The van der Waals surface area contributed by atoms with Crippen LogP contribution in [0, 0.1) is 6.92 Å². The lowest BCUT2D eigenvalue weighted by Gasteiger charge is -2.19. The number of aryl methyl sites for hydroxylation is 2. The van der Waals surface area contributed by atoms with Gasteiger partial charge >= 0.3 is 12.1 Å². The van der Waals surface area contributed by atoms with E-state index in [1.165, 1.54) is 17.1 Å². The molecule has 0 unspecified atom stereocenters. The first-order valence-corrected chi connectivity index (χ1v) is 11.8. The Bertz CT molecular complexity index is 1070. The van der Waals surface area contributed by atoms with E-state index in [1.54, 1.807) is 32.9 Å². The molecule has 1 aromatic heterocycles. The van der Waals surface area contributed by atoms with Crippen molar-refractivity contribution in [1.29, 1.82) is 0 Å². The summed E-state index contributed by atoms with van der Waals surface area (Å²) in [6.45, 7) is 8.99. The molecule has 1 N–H and O–H groups in total. The van der Waals surface area contributed by atoms with Crippen LogP contribution in [-0.4, -0.2) is 60.6 Å². The van der Waals surface area contributed by atoms with Crippen LogP contribution in [0.15, 0.2) is 29.4 Å². The highest BCUT2D eigenvalue weighted by Gasteiger charge is 2.21. The van der Waals surface area contributed by atoms with Crippen LogP contribution in [0.1, 0.15) is 49.4 Å². The molecule has 11 nitrogen and oxygen atoms in total. The van der Waals surface area contributed by atoms with Gasteiger partial charge in [0, 0.05) is 13.1 Å². The molecule has 1 heterocycles. The average Bonchev–Trinajstić information content (AvgIpc) is 3.19. The van der Waals surface area contributed by atoms with Gasteiger partial charge < -0.3 is 14.8 Å². The van der Waals surface area contributed by atoms with Crippen LogP contribution >= 0.6 is 0 Å². The normalized spacial score (nSPS) is 11.8. The third-order valence-corrected chi connectivity index (χ3v) is 5.56. The van der Waals surface area contributed by atoms with Crippen LogP contribution in [-0.2, 0) is 36.7 Å². The van der Waals surface area contributed by atoms with Crippen LogP contribution in [0.2, 0.25) is 0 Å². The predicted octanol–water partition coefficient (Wildman–Crippen LogP) is 2.24. The van der Waals surface area contributed by atoms with Gasteiger partial charge in [-0.1, -0.05) is 17.7 Å². The summed E-state index contributed by atoms with van der Waals surface area (Å²) >= 11 is 0. The summed E-state index contributed by atoms with van der Waals surface area (Å²) in [5.74, 6) is -0.884. The number of benzene rings is 1. The van der Waals surface area contributed by atoms with E-state index in [-0.39, 0.29) is 36.9 Å². The van der Waals surface area contributed by atoms with Crippen molar-refractivity contribution < 1.29 is 31.7 Å². The van der Waals surface area contributed by atoms with Gasteiger partial charge in [-0.2, -0.15) is 8.42 Å². The smallest absolute Gasteiger partial charge is 0.407 e. The Labute approximate surface area is 193 Å². The Balaban J connectivity index is 1.93. The highest BCUT2D eigenvalue weighted by atomic mass is 32.2. The van der Waals surface area contributed by atoms with Crippen molar-refractivity contribution in [3.8, 4) is 0 Å². The van der Waals surface area contributed by atoms with Crippen molar-refractivity contribution >= 4 is 22.2 Å². The molecular weight excluding hydrogens is 452 g/mol. The van der Waals surface area contributed by atoms with E-state index in [0.29, 0.717) is 12.1 Å². The van der Waals surface area contributed by atoms with Crippen molar-refractivity contribution in [3.63, 3.8) is 0 Å². The fourth-order valence-electron chi connectivity index (χ4n) is 2.71. The highest BCUT2D eigenvalue weighted by Crippen LogP contribution is 2.20. The topological polar surface area (TPSA) is 139 Å². The number of hydrogen-bond donors (Lipinski definition) is 1. The highest BCUT2D eigenvalue weighted by molar-refractivity contribution is 7.86. The minimum absolute atomic E-state index is 0.0197. The molecular formula is C21H30N4O7S. The number of alkyl carbamates (subject to hydrolysis) is 1. The predicted molar refractivity (Wildman–Crippen MR) is 118 cm³/mol. The Kier molecular flexibility index (Phi) is 8.94. The summed E-state index contributed by atoms with van der Waals surface area (Å²) in [5.41, 5.74) is 0.706. The first-order valence-electron chi connectivity index (χ1n) is 10.4. The lowest BCUT2D eigenvalue weighted by atomic mass is 10.1. The fraction of sp³-hybridized carbons (Fsp3) is 0.524. The molecule has 12 heteroatoms. The number of carbonyl (C=O) groups excluding carboxylic acids is 2. The zero-order valence-corrected chi connectivity index (χ0v) is 20.3. The van der Waals surface area contributed by atoms with Crippen molar-refractivity contribution in [3.05, 3.63) is 41.5 Å². The van der Waals surface area contributed by atoms with Gasteiger partial charge in [0.1, 0.15) is 25.1 Å².